The molecule has 1 aromatic rings. The van der Waals surface area contributed by atoms with E-state index in [1.165, 1.54) is 0 Å². The minimum atomic E-state index is -0.605. The Balaban J connectivity index is 2.43. The van der Waals surface area contributed by atoms with Crippen molar-refractivity contribution >= 4 is 12.2 Å². The van der Waals surface area contributed by atoms with E-state index in [-0.39, 0.29) is 6.29 Å². The summed E-state index contributed by atoms with van der Waals surface area (Å²) in [4.78, 5) is 24.2. The zero-order valence-corrected chi connectivity index (χ0v) is 6.36. The number of carbonyl (C=O) groups excluding carboxylic acids is 2. The molecule has 1 rings (SSSR count). The van der Waals surface area contributed by atoms with Crippen molar-refractivity contribution < 1.29 is 9.59 Å². The second-order valence-corrected chi connectivity index (χ2v) is 2.19. The van der Waals surface area contributed by atoms with Gasteiger partial charge in [0, 0.05) is 18.9 Å². The predicted octanol–water partition coefficient (Wildman–Crippen LogP) is -0.103. The molecule has 4 heteroatoms. The van der Waals surface area contributed by atoms with Crippen molar-refractivity contribution in [2.24, 2.45) is 0 Å². The van der Waals surface area contributed by atoms with E-state index in [0.717, 1.165) is 5.56 Å². The Kier molecular flexibility index (Phi) is 2.95. The normalized spacial score (nSPS) is 9.00. The highest BCUT2D eigenvalue weighted by Gasteiger charge is 1.96. The van der Waals surface area contributed by atoms with Gasteiger partial charge in [0.25, 0.3) is 5.91 Å². The van der Waals surface area contributed by atoms with Crippen LogP contribution in [0.3, 0.4) is 0 Å². The number of nitrogens with zero attached hydrogens (tertiary/aromatic N) is 1. The first-order valence-electron chi connectivity index (χ1n) is 3.45. The summed E-state index contributed by atoms with van der Waals surface area (Å²) in [6, 6.07) is 3.54. The molecule has 0 saturated carbocycles. The number of amides is 1. The summed E-state index contributed by atoms with van der Waals surface area (Å²) < 4.78 is 0. The summed E-state index contributed by atoms with van der Waals surface area (Å²) in [5.74, 6) is -0.605. The zero-order chi connectivity index (χ0) is 8.81. The first-order chi connectivity index (χ1) is 5.83. The summed E-state index contributed by atoms with van der Waals surface area (Å²) in [5, 5.41) is 2.41. The van der Waals surface area contributed by atoms with Crippen molar-refractivity contribution in [2.75, 3.05) is 0 Å². The van der Waals surface area contributed by atoms with Crippen molar-refractivity contribution in [1.29, 1.82) is 0 Å². The van der Waals surface area contributed by atoms with Gasteiger partial charge in [0.15, 0.2) is 0 Å². The standard InChI is InChI=1S/C8H8N2O2/c11-6-8(12)10-5-7-1-3-9-4-2-7/h1-4,6H,5H2,(H,10,12). The Morgan fingerprint density at radius 1 is 1.50 bits per heavy atom. The number of aldehydes is 1. The Hall–Kier alpha value is -1.71. The molecule has 0 bridgehead atoms. The van der Waals surface area contributed by atoms with Crippen LogP contribution in [0.5, 0.6) is 0 Å². The predicted molar refractivity (Wildman–Crippen MR) is 42.1 cm³/mol. The van der Waals surface area contributed by atoms with E-state index in [9.17, 15) is 9.59 Å². The van der Waals surface area contributed by atoms with Gasteiger partial charge in [0.05, 0.1) is 0 Å². The number of hydrogen-bond donors (Lipinski definition) is 1. The number of hydrogen-bond acceptors (Lipinski definition) is 3. The lowest BCUT2D eigenvalue weighted by Gasteiger charge is -1.99. The second kappa shape index (κ2) is 4.23. The van der Waals surface area contributed by atoms with E-state index in [1.807, 2.05) is 0 Å². The van der Waals surface area contributed by atoms with Crippen molar-refractivity contribution in [1.82, 2.24) is 10.3 Å². The molecule has 0 unspecified atom stereocenters. The average Bonchev–Trinajstić information content (AvgIpc) is 2.16. The van der Waals surface area contributed by atoms with Gasteiger partial charge in [-0.05, 0) is 17.7 Å². The van der Waals surface area contributed by atoms with Gasteiger partial charge < -0.3 is 5.32 Å². The monoisotopic (exact) mass is 164 g/mol. The summed E-state index contributed by atoms with van der Waals surface area (Å²) >= 11 is 0. The van der Waals surface area contributed by atoms with Crippen LogP contribution in [0.15, 0.2) is 24.5 Å². The van der Waals surface area contributed by atoms with Crippen molar-refractivity contribution in [3.63, 3.8) is 0 Å². The first kappa shape index (κ1) is 8.39. The molecular weight excluding hydrogens is 156 g/mol. The van der Waals surface area contributed by atoms with Crippen LogP contribution in [0.1, 0.15) is 5.56 Å². The Morgan fingerprint density at radius 2 is 2.17 bits per heavy atom. The smallest absolute Gasteiger partial charge is 0.284 e. The van der Waals surface area contributed by atoms with Crippen LogP contribution in [-0.4, -0.2) is 17.2 Å². The average molecular weight is 164 g/mol. The number of pyridine rings is 1. The molecule has 0 aliphatic rings. The van der Waals surface area contributed by atoms with E-state index in [0.29, 0.717) is 6.54 Å². The third kappa shape index (κ3) is 2.49. The molecule has 0 atom stereocenters. The summed E-state index contributed by atoms with van der Waals surface area (Å²) in [7, 11) is 0. The minimum absolute atomic E-state index is 0.251. The van der Waals surface area contributed by atoms with Crippen LogP contribution in [-0.2, 0) is 16.1 Å². The minimum Gasteiger partial charge on any atom is -0.346 e. The van der Waals surface area contributed by atoms with Crippen LogP contribution in [0.4, 0.5) is 0 Å². The fourth-order valence-electron chi connectivity index (χ4n) is 0.731. The third-order valence-corrected chi connectivity index (χ3v) is 1.32. The van der Waals surface area contributed by atoms with E-state index >= 15 is 0 Å². The molecule has 0 spiro atoms. The largest absolute Gasteiger partial charge is 0.346 e. The van der Waals surface area contributed by atoms with Crippen LogP contribution in [0, 0.1) is 0 Å². The molecule has 62 valence electrons. The van der Waals surface area contributed by atoms with Gasteiger partial charge in [-0.2, -0.15) is 0 Å². The number of carbonyl (C=O) groups is 2. The molecular formula is C8H8N2O2. The lowest BCUT2D eigenvalue weighted by molar-refractivity contribution is -0.131. The van der Waals surface area contributed by atoms with Crippen LogP contribution in [0.2, 0.25) is 0 Å². The summed E-state index contributed by atoms with van der Waals surface area (Å²) in [6.07, 6.45) is 3.51. The maximum atomic E-state index is 10.5. The van der Waals surface area contributed by atoms with E-state index in [2.05, 4.69) is 10.3 Å². The molecule has 0 aliphatic heterocycles. The second-order valence-electron chi connectivity index (χ2n) is 2.19. The van der Waals surface area contributed by atoms with Crippen molar-refractivity contribution in [3.05, 3.63) is 30.1 Å². The Bertz CT molecular complexity index is 272. The maximum absolute atomic E-state index is 10.5. The fraction of sp³-hybridized carbons (Fsp3) is 0.125. The summed E-state index contributed by atoms with van der Waals surface area (Å²) in [6.45, 7) is 0.361. The fourth-order valence-corrected chi connectivity index (χ4v) is 0.731. The number of aromatic nitrogens is 1. The molecule has 0 aliphatic carbocycles. The molecule has 0 radical (unpaired) electrons. The first-order valence-corrected chi connectivity index (χ1v) is 3.45. The highest BCUT2D eigenvalue weighted by molar-refractivity contribution is 6.23. The molecule has 1 heterocycles. The third-order valence-electron chi connectivity index (χ3n) is 1.32. The highest BCUT2D eigenvalue weighted by atomic mass is 16.2. The molecule has 1 aromatic heterocycles. The van der Waals surface area contributed by atoms with Crippen molar-refractivity contribution in [2.45, 2.75) is 6.54 Å². The van der Waals surface area contributed by atoms with Gasteiger partial charge in [-0.3, -0.25) is 14.6 Å². The molecule has 1 N–H and O–H groups in total. The van der Waals surface area contributed by atoms with Gasteiger partial charge in [0.1, 0.15) is 0 Å². The van der Waals surface area contributed by atoms with Crippen LogP contribution >= 0.6 is 0 Å². The van der Waals surface area contributed by atoms with Gasteiger partial charge in [0.2, 0.25) is 6.29 Å². The maximum Gasteiger partial charge on any atom is 0.284 e. The zero-order valence-electron chi connectivity index (χ0n) is 6.36. The lowest BCUT2D eigenvalue weighted by Crippen LogP contribution is -2.23. The molecule has 0 aromatic carbocycles. The SMILES string of the molecule is O=CC(=O)NCc1ccncc1. The summed E-state index contributed by atoms with van der Waals surface area (Å²) in [5.41, 5.74) is 0.917. The number of nitrogens with one attached hydrogen (secondary N) is 1. The van der Waals surface area contributed by atoms with Crippen LogP contribution < -0.4 is 5.32 Å². The van der Waals surface area contributed by atoms with Gasteiger partial charge >= 0.3 is 0 Å². The van der Waals surface area contributed by atoms with Crippen LogP contribution in [0.25, 0.3) is 0 Å². The van der Waals surface area contributed by atoms with E-state index in [4.69, 9.17) is 0 Å². The van der Waals surface area contributed by atoms with Gasteiger partial charge in [-0.25, -0.2) is 0 Å². The Morgan fingerprint density at radius 3 is 2.75 bits per heavy atom. The molecule has 0 fully saturated rings. The molecule has 1 amide bonds. The number of rotatable bonds is 3. The molecule has 4 nitrogen and oxygen atoms in total. The van der Waals surface area contributed by atoms with Gasteiger partial charge in [-0.15, -0.1) is 0 Å². The Labute approximate surface area is 69.6 Å². The molecule has 12 heavy (non-hydrogen) atoms. The van der Waals surface area contributed by atoms with Gasteiger partial charge in [-0.1, -0.05) is 0 Å². The molecule has 0 saturated heterocycles. The lowest BCUT2D eigenvalue weighted by atomic mass is 10.3. The van der Waals surface area contributed by atoms with E-state index < -0.39 is 5.91 Å². The quantitative estimate of drug-likeness (QED) is 0.501. The topological polar surface area (TPSA) is 59.1 Å². The van der Waals surface area contributed by atoms with Crippen molar-refractivity contribution in [3.8, 4) is 0 Å². The van der Waals surface area contributed by atoms with E-state index in [1.54, 1.807) is 24.5 Å². The highest BCUT2D eigenvalue weighted by Crippen LogP contribution is 1.93.